The summed E-state index contributed by atoms with van der Waals surface area (Å²) in [5.74, 6) is 0.0330. The number of aliphatic hydroxyl groups is 1. The number of aliphatic hydroxyl groups excluding tert-OH is 1. The molecule has 28 heavy (non-hydrogen) atoms. The molecule has 1 saturated heterocycles. The highest BCUT2D eigenvalue weighted by molar-refractivity contribution is 14.2. The van der Waals surface area contributed by atoms with Crippen LogP contribution in [0.15, 0.2) is 24.3 Å². The Morgan fingerprint density at radius 3 is 2.07 bits per heavy atom. The van der Waals surface area contributed by atoms with E-state index in [4.69, 9.17) is 23.3 Å². The largest absolute Gasteiger partial charge is 0.508 e. The van der Waals surface area contributed by atoms with Gasteiger partial charge >= 0.3 is 0 Å². The smallest absolute Gasteiger partial charge is 0.269 e. The first-order valence-electron chi connectivity index (χ1n) is 8.55. The fourth-order valence-electron chi connectivity index (χ4n) is 1.80. The Bertz CT molecular complexity index is 500. The predicted molar refractivity (Wildman–Crippen MR) is 132 cm³/mol. The number of nitrogens with zero attached hydrogens (tertiary/aromatic N) is 1. The van der Waals surface area contributed by atoms with Crippen molar-refractivity contribution in [2.75, 3.05) is 13.2 Å². The summed E-state index contributed by atoms with van der Waals surface area (Å²) in [6.45, 7) is 8.51. The van der Waals surface area contributed by atoms with Crippen LogP contribution in [0.3, 0.4) is 0 Å². The van der Waals surface area contributed by atoms with Crippen molar-refractivity contribution in [2.24, 2.45) is 0 Å². The minimum absolute atomic E-state index is 0.00920. The van der Waals surface area contributed by atoms with Crippen LogP contribution in [-0.2, 0) is 13.1 Å². The quantitative estimate of drug-likeness (QED) is 0.167. The standard InChI is InChI=1S/C6H10I2O4S2.C6H5NO3.2C2H6/c7-13-11-5-1-4(2-9)10-3-6(5)12-14-8;8-6-3-1-5(2-4-6)7(9)10;2*1-2/h4-6,9H,1-3H2;1-4,8H;2*1-2H3. The molecule has 0 aromatic heterocycles. The van der Waals surface area contributed by atoms with Crippen LogP contribution in [0, 0.1) is 10.1 Å². The molecule has 1 fully saturated rings. The number of benzene rings is 1. The Morgan fingerprint density at radius 2 is 1.64 bits per heavy atom. The van der Waals surface area contributed by atoms with Gasteiger partial charge in [0.1, 0.15) is 18.0 Å². The first-order chi connectivity index (χ1) is 13.5. The summed E-state index contributed by atoms with van der Waals surface area (Å²) in [6.07, 6.45) is 0.489. The molecule has 1 aliphatic rings. The van der Waals surface area contributed by atoms with Gasteiger partial charge in [-0.15, -0.1) is 0 Å². The Labute approximate surface area is 199 Å². The van der Waals surface area contributed by atoms with Crippen LogP contribution in [0.2, 0.25) is 0 Å². The van der Waals surface area contributed by atoms with E-state index in [1.807, 2.05) is 27.7 Å². The van der Waals surface area contributed by atoms with E-state index in [-0.39, 0.29) is 36.4 Å². The first kappa shape index (κ1) is 30.6. The zero-order valence-electron chi connectivity index (χ0n) is 16.1. The van der Waals surface area contributed by atoms with E-state index in [1.54, 1.807) is 0 Å². The second kappa shape index (κ2) is 20.7. The van der Waals surface area contributed by atoms with Crippen molar-refractivity contribution in [3.8, 4) is 5.75 Å². The summed E-state index contributed by atoms with van der Waals surface area (Å²) in [5, 5.41) is 27.7. The lowest BCUT2D eigenvalue weighted by molar-refractivity contribution is -0.384. The number of phenolic OH excluding ortho intramolecular Hbond substituents is 1. The Balaban J connectivity index is 0. The maximum absolute atomic E-state index is 10.0. The number of nitro benzene ring substituents is 1. The van der Waals surface area contributed by atoms with Gasteiger partial charge in [-0.2, -0.15) is 0 Å². The highest BCUT2D eigenvalue weighted by Gasteiger charge is 2.33. The molecule has 1 aromatic carbocycles. The van der Waals surface area contributed by atoms with Crippen molar-refractivity contribution in [3.05, 3.63) is 34.4 Å². The van der Waals surface area contributed by atoms with Crippen molar-refractivity contribution >= 4 is 66.5 Å². The predicted octanol–water partition coefficient (Wildman–Crippen LogP) is 5.89. The zero-order chi connectivity index (χ0) is 21.9. The highest BCUT2D eigenvalue weighted by Crippen LogP contribution is 2.29. The van der Waals surface area contributed by atoms with Gasteiger partial charge in [-0.05, 0) is 12.1 Å². The lowest BCUT2D eigenvalue weighted by Crippen LogP contribution is -2.43. The monoisotopic (exact) mass is 663 g/mol. The van der Waals surface area contributed by atoms with Crippen LogP contribution < -0.4 is 0 Å². The number of halogens is 2. The molecular weight excluding hydrogens is 636 g/mol. The summed E-state index contributed by atoms with van der Waals surface area (Å²) in [5.41, 5.74) is -0.0159. The SMILES string of the molecule is CC.CC.O=[N+]([O-])c1ccc(O)cc1.OCC1CC(OSI)C(OSI)CO1. The molecule has 0 radical (unpaired) electrons. The number of nitro groups is 1. The molecule has 0 bridgehead atoms. The summed E-state index contributed by atoms with van der Waals surface area (Å²) in [7, 11) is 2.57. The number of aromatic hydroxyl groups is 1. The van der Waals surface area contributed by atoms with Crippen molar-refractivity contribution in [2.45, 2.75) is 52.4 Å². The molecular formula is C16H27I2NO7S2. The fraction of sp³-hybridized carbons (Fsp3) is 0.625. The topological polar surface area (TPSA) is 111 Å². The number of phenols is 1. The van der Waals surface area contributed by atoms with Crippen LogP contribution in [0.4, 0.5) is 5.69 Å². The number of non-ortho nitro benzene ring substituents is 1. The van der Waals surface area contributed by atoms with Gasteiger partial charge in [-0.1, -0.05) is 27.7 Å². The van der Waals surface area contributed by atoms with E-state index in [9.17, 15) is 10.1 Å². The van der Waals surface area contributed by atoms with Gasteiger partial charge in [0.15, 0.2) is 0 Å². The molecule has 1 heterocycles. The first-order valence-corrected chi connectivity index (χ1v) is 15.1. The molecule has 164 valence electrons. The lowest BCUT2D eigenvalue weighted by Gasteiger charge is -2.33. The van der Waals surface area contributed by atoms with E-state index in [0.29, 0.717) is 13.0 Å². The number of ether oxygens (including phenoxy) is 1. The third-order valence-corrected chi connectivity index (χ3v) is 4.88. The van der Waals surface area contributed by atoms with E-state index in [1.165, 1.54) is 42.7 Å². The number of rotatable bonds is 6. The molecule has 12 heteroatoms. The highest BCUT2D eigenvalue weighted by atomic mass is 127. The van der Waals surface area contributed by atoms with Crippen molar-refractivity contribution < 1.29 is 28.2 Å². The normalized spacial score (nSPS) is 20.3. The molecule has 0 spiro atoms. The van der Waals surface area contributed by atoms with Crippen molar-refractivity contribution in [1.29, 1.82) is 0 Å². The summed E-state index contributed by atoms with van der Waals surface area (Å²) in [4.78, 5) is 9.52. The van der Waals surface area contributed by atoms with Crippen LogP contribution in [0.25, 0.3) is 0 Å². The fourth-order valence-corrected chi connectivity index (χ4v) is 3.97. The minimum atomic E-state index is -0.514. The lowest BCUT2D eigenvalue weighted by atomic mass is 10.0. The van der Waals surface area contributed by atoms with Crippen LogP contribution in [0.5, 0.6) is 5.75 Å². The number of hydrogen-bond donors (Lipinski definition) is 2. The van der Waals surface area contributed by atoms with Gasteiger partial charge < -0.3 is 14.9 Å². The molecule has 1 aliphatic heterocycles. The molecule has 0 saturated carbocycles. The maximum atomic E-state index is 10.0. The van der Waals surface area contributed by atoms with E-state index < -0.39 is 4.92 Å². The Hall–Kier alpha value is 0.420. The molecule has 0 amide bonds. The van der Waals surface area contributed by atoms with Gasteiger partial charge in [0.05, 0.1) is 42.7 Å². The minimum Gasteiger partial charge on any atom is -0.508 e. The van der Waals surface area contributed by atoms with Gasteiger partial charge in [-0.25, -0.2) is 0 Å². The Morgan fingerprint density at radius 1 is 1.14 bits per heavy atom. The van der Waals surface area contributed by atoms with Gasteiger partial charge in [0.25, 0.3) is 5.69 Å². The van der Waals surface area contributed by atoms with Crippen molar-refractivity contribution in [3.63, 3.8) is 0 Å². The average Bonchev–Trinajstić information content (AvgIpc) is 2.73. The molecule has 1 aromatic rings. The third-order valence-electron chi connectivity index (χ3n) is 2.99. The third kappa shape index (κ3) is 13.6. The molecule has 3 atom stereocenters. The van der Waals surface area contributed by atoms with Gasteiger partial charge in [0, 0.05) is 61.0 Å². The Kier molecular flexibility index (Phi) is 22.6. The summed E-state index contributed by atoms with van der Waals surface area (Å²) in [6, 6.07) is 5.04. The van der Waals surface area contributed by atoms with E-state index in [0.717, 1.165) is 0 Å². The molecule has 0 aliphatic carbocycles. The van der Waals surface area contributed by atoms with E-state index in [2.05, 4.69) is 42.4 Å². The second-order valence-electron chi connectivity index (χ2n) is 4.54. The summed E-state index contributed by atoms with van der Waals surface area (Å²) < 4.78 is 16.2. The van der Waals surface area contributed by atoms with Crippen molar-refractivity contribution in [1.82, 2.24) is 0 Å². The second-order valence-corrected chi connectivity index (χ2v) is 7.34. The van der Waals surface area contributed by atoms with E-state index >= 15 is 0 Å². The van der Waals surface area contributed by atoms with Gasteiger partial charge in [-0.3, -0.25) is 18.5 Å². The van der Waals surface area contributed by atoms with Crippen LogP contribution in [-0.4, -0.2) is 46.7 Å². The molecule has 2 rings (SSSR count). The molecule has 2 N–H and O–H groups in total. The van der Waals surface area contributed by atoms with Crippen LogP contribution in [0.1, 0.15) is 34.1 Å². The van der Waals surface area contributed by atoms with Gasteiger partial charge in [0.2, 0.25) is 0 Å². The molecule has 8 nitrogen and oxygen atoms in total. The van der Waals surface area contributed by atoms with Crippen LogP contribution >= 0.6 is 60.8 Å². The number of hydrogen-bond acceptors (Lipinski definition) is 9. The zero-order valence-corrected chi connectivity index (χ0v) is 22.1. The summed E-state index contributed by atoms with van der Waals surface area (Å²) >= 11 is 4.14. The molecule has 3 unspecified atom stereocenters. The maximum Gasteiger partial charge on any atom is 0.269 e. The average molecular weight is 663 g/mol.